The van der Waals surface area contributed by atoms with Gasteiger partial charge in [0, 0.05) is 13.1 Å². The van der Waals surface area contributed by atoms with E-state index in [0.29, 0.717) is 6.54 Å². The largest absolute Gasteiger partial charge is 0.326 e. The third-order valence-corrected chi connectivity index (χ3v) is 3.46. The van der Waals surface area contributed by atoms with Gasteiger partial charge < -0.3 is 4.98 Å². The molecular weight excluding hydrogens is 280 g/mol. The van der Waals surface area contributed by atoms with Crippen molar-refractivity contribution in [2.45, 2.75) is 19.0 Å². The number of nitrogens with zero attached hydrogens (tertiary/aromatic N) is 1. The highest BCUT2D eigenvalue weighted by Crippen LogP contribution is 2.33. The van der Waals surface area contributed by atoms with Crippen LogP contribution in [0.15, 0.2) is 39.9 Å². The first-order chi connectivity index (χ1) is 9.95. The van der Waals surface area contributed by atoms with Crippen LogP contribution in [0.4, 0.5) is 8.78 Å². The van der Waals surface area contributed by atoms with Crippen molar-refractivity contribution >= 4 is 0 Å². The second-order valence-electron chi connectivity index (χ2n) is 5.10. The molecule has 0 saturated carbocycles. The number of aromatic nitrogens is 2. The molecule has 2 N–H and O–H groups in total. The lowest BCUT2D eigenvalue weighted by molar-refractivity contribution is -0.0593. The maximum Gasteiger partial charge on any atom is 0.326 e. The lowest BCUT2D eigenvalue weighted by Crippen LogP contribution is -2.46. The quantitative estimate of drug-likeness (QED) is 0.873. The number of nitrogens with one attached hydrogen (secondary N) is 2. The van der Waals surface area contributed by atoms with E-state index in [-0.39, 0.29) is 12.1 Å². The van der Waals surface area contributed by atoms with E-state index in [1.807, 2.05) is 35.3 Å². The molecule has 3 rings (SSSR count). The van der Waals surface area contributed by atoms with Gasteiger partial charge in [-0.2, -0.15) is 8.78 Å². The van der Waals surface area contributed by atoms with E-state index < -0.39 is 29.4 Å². The first-order valence-corrected chi connectivity index (χ1v) is 6.46. The fourth-order valence-electron chi connectivity index (χ4n) is 2.57. The van der Waals surface area contributed by atoms with Gasteiger partial charge in [0.15, 0.2) is 0 Å². The Morgan fingerprint density at radius 1 is 1.14 bits per heavy atom. The molecular formula is C14H13F2N3O2. The van der Waals surface area contributed by atoms with Crippen LogP contribution < -0.4 is 11.2 Å². The van der Waals surface area contributed by atoms with Crippen LogP contribution in [0, 0.1) is 0 Å². The molecule has 0 aliphatic carbocycles. The Labute approximate surface area is 118 Å². The van der Waals surface area contributed by atoms with E-state index in [1.54, 1.807) is 0 Å². The molecule has 2 aromatic rings. The van der Waals surface area contributed by atoms with Gasteiger partial charge in [-0.3, -0.25) is 14.7 Å². The van der Waals surface area contributed by atoms with Crippen LogP contribution in [0.3, 0.4) is 0 Å². The van der Waals surface area contributed by atoms with Gasteiger partial charge in [-0.25, -0.2) is 4.79 Å². The van der Waals surface area contributed by atoms with Crippen LogP contribution in [0.1, 0.15) is 16.8 Å². The number of alkyl halides is 2. The molecule has 0 saturated heterocycles. The molecule has 2 heterocycles. The van der Waals surface area contributed by atoms with Gasteiger partial charge in [-0.15, -0.1) is 0 Å². The molecule has 0 spiro atoms. The van der Waals surface area contributed by atoms with Gasteiger partial charge in [0.1, 0.15) is 5.69 Å². The van der Waals surface area contributed by atoms with Crippen LogP contribution >= 0.6 is 0 Å². The predicted molar refractivity (Wildman–Crippen MR) is 72.1 cm³/mol. The zero-order valence-electron chi connectivity index (χ0n) is 11.0. The third kappa shape index (κ3) is 2.64. The van der Waals surface area contributed by atoms with Crippen LogP contribution in [0.25, 0.3) is 0 Å². The number of aromatic amines is 2. The van der Waals surface area contributed by atoms with E-state index >= 15 is 0 Å². The van der Waals surface area contributed by atoms with Crippen molar-refractivity contribution < 1.29 is 8.78 Å². The summed E-state index contributed by atoms with van der Waals surface area (Å²) < 4.78 is 28.3. The zero-order chi connectivity index (χ0) is 15.0. The normalized spacial score (nSPS) is 17.4. The molecule has 0 amide bonds. The van der Waals surface area contributed by atoms with E-state index in [9.17, 15) is 18.4 Å². The van der Waals surface area contributed by atoms with Gasteiger partial charge in [0.05, 0.1) is 12.1 Å². The number of H-pyrrole nitrogens is 2. The molecule has 1 aliphatic rings. The van der Waals surface area contributed by atoms with Gasteiger partial charge in [-0.05, 0) is 5.56 Å². The average Bonchev–Trinajstić information content (AvgIpc) is 2.41. The molecule has 0 unspecified atom stereocenters. The summed E-state index contributed by atoms with van der Waals surface area (Å²) in [6.07, 6.45) is 0. The smallest absolute Gasteiger partial charge is 0.305 e. The van der Waals surface area contributed by atoms with Gasteiger partial charge in [0.2, 0.25) is 0 Å². The molecule has 1 aromatic heterocycles. The molecule has 0 atom stereocenters. The minimum Gasteiger partial charge on any atom is -0.305 e. The molecule has 0 bridgehead atoms. The zero-order valence-corrected chi connectivity index (χ0v) is 11.0. The highest BCUT2D eigenvalue weighted by molar-refractivity contribution is 5.25. The van der Waals surface area contributed by atoms with E-state index in [4.69, 9.17) is 0 Å². The lowest BCUT2D eigenvalue weighted by Gasteiger charge is -2.33. The first kappa shape index (κ1) is 13.7. The molecule has 5 nitrogen and oxygen atoms in total. The van der Waals surface area contributed by atoms with Crippen molar-refractivity contribution in [2.75, 3.05) is 6.54 Å². The van der Waals surface area contributed by atoms with E-state index in [2.05, 4.69) is 4.98 Å². The molecule has 1 aliphatic heterocycles. The second-order valence-corrected chi connectivity index (χ2v) is 5.10. The van der Waals surface area contributed by atoms with Crippen molar-refractivity contribution in [2.24, 2.45) is 0 Å². The van der Waals surface area contributed by atoms with E-state index in [1.165, 1.54) is 4.90 Å². The summed E-state index contributed by atoms with van der Waals surface area (Å²) in [5, 5.41) is 0. The van der Waals surface area contributed by atoms with Crippen molar-refractivity contribution in [1.29, 1.82) is 0 Å². The van der Waals surface area contributed by atoms with Crippen LogP contribution in [0.2, 0.25) is 0 Å². The molecule has 110 valence electrons. The van der Waals surface area contributed by atoms with Crippen molar-refractivity contribution in [3.63, 3.8) is 0 Å². The summed E-state index contributed by atoms with van der Waals surface area (Å²) >= 11 is 0. The molecule has 0 radical (unpaired) electrons. The summed E-state index contributed by atoms with van der Waals surface area (Å²) in [6, 6.07) is 9.18. The number of fused-ring (bicyclic) bond motifs is 1. The van der Waals surface area contributed by atoms with Crippen LogP contribution in [-0.2, 0) is 19.0 Å². The second kappa shape index (κ2) is 4.92. The molecule has 0 fully saturated rings. The minimum absolute atomic E-state index is 0.0753. The Hall–Kier alpha value is -2.28. The summed E-state index contributed by atoms with van der Waals surface area (Å²) in [4.78, 5) is 28.4. The number of hydrogen-bond donors (Lipinski definition) is 2. The standard InChI is InChI=1S/C14H13F2N3O2/c15-14(16)8-19(6-9-4-2-1-3-5-9)7-10-11(14)17-13(21)18-12(10)20/h1-5H,6-8H2,(H2,17,18,20,21). The molecule has 1 aromatic carbocycles. The molecule has 7 heteroatoms. The lowest BCUT2D eigenvalue weighted by atomic mass is 10.0. The summed E-state index contributed by atoms with van der Waals surface area (Å²) in [5.74, 6) is -3.25. The summed E-state index contributed by atoms with van der Waals surface area (Å²) in [6.45, 7) is -0.144. The van der Waals surface area contributed by atoms with Gasteiger partial charge in [0.25, 0.3) is 5.56 Å². The van der Waals surface area contributed by atoms with Crippen LogP contribution in [0.5, 0.6) is 0 Å². The topological polar surface area (TPSA) is 69.0 Å². The summed E-state index contributed by atoms with van der Waals surface area (Å²) in [7, 11) is 0. The van der Waals surface area contributed by atoms with Crippen molar-refractivity contribution in [1.82, 2.24) is 14.9 Å². The third-order valence-electron chi connectivity index (χ3n) is 3.46. The first-order valence-electron chi connectivity index (χ1n) is 6.46. The van der Waals surface area contributed by atoms with Crippen molar-refractivity contribution in [3.05, 3.63) is 68.0 Å². The number of hydrogen-bond acceptors (Lipinski definition) is 3. The predicted octanol–water partition coefficient (Wildman–Crippen LogP) is 1.17. The average molecular weight is 293 g/mol. The number of benzene rings is 1. The minimum atomic E-state index is -3.25. The van der Waals surface area contributed by atoms with Crippen molar-refractivity contribution in [3.8, 4) is 0 Å². The van der Waals surface area contributed by atoms with E-state index in [0.717, 1.165) is 5.56 Å². The molecule has 21 heavy (non-hydrogen) atoms. The Morgan fingerprint density at radius 3 is 2.57 bits per heavy atom. The Balaban J connectivity index is 1.96. The monoisotopic (exact) mass is 293 g/mol. The number of rotatable bonds is 2. The van der Waals surface area contributed by atoms with Gasteiger partial charge in [-0.1, -0.05) is 30.3 Å². The Kier molecular flexibility index (Phi) is 3.21. The van der Waals surface area contributed by atoms with Gasteiger partial charge >= 0.3 is 11.6 Å². The Bertz CT molecular complexity index is 768. The fourth-order valence-corrected chi connectivity index (χ4v) is 2.57. The highest BCUT2D eigenvalue weighted by Gasteiger charge is 2.42. The Morgan fingerprint density at radius 2 is 1.86 bits per heavy atom. The number of halogens is 2. The maximum atomic E-state index is 14.1. The highest BCUT2D eigenvalue weighted by atomic mass is 19.3. The SMILES string of the molecule is O=c1[nH]c2c(c(=O)[nH]1)CN(Cc1ccccc1)CC2(F)F. The van der Waals surface area contributed by atoms with Crippen LogP contribution in [-0.4, -0.2) is 21.4 Å². The fraction of sp³-hybridized carbons (Fsp3) is 0.286. The maximum absolute atomic E-state index is 14.1. The summed E-state index contributed by atoms with van der Waals surface area (Å²) in [5.41, 5.74) is -1.43.